The molecule has 3 aliphatic rings. The van der Waals surface area contributed by atoms with Gasteiger partial charge in [0.2, 0.25) is 11.8 Å². The Morgan fingerprint density at radius 3 is 2.37 bits per heavy atom. The number of benzene rings is 2. The van der Waals surface area contributed by atoms with Gasteiger partial charge < -0.3 is 35.8 Å². The fourth-order valence-corrected chi connectivity index (χ4v) is 10.1. The number of likely N-dealkylation sites (tertiary alicyclic amines) is 2. The monoisotopic (exact) mass is 944 g/mol. The molecule has 3 saturated heterocycles. The van der Waals surface area contributed by atoms with Gasteiger partial charge in [-0.15, -0.1) is 11.3 Å². The van der Waals surface area contributed by atoms with E-state index >= 15 is 0 Å². The lowest BCUT2D eigenvalue weighted by atomic mass is 9.85. The van der Waals surface area contributed by atoms with Crippen molar-refractivity contribution in [1.29, 1.82) is 0 Å². The smallest absolute Gasteiger partial charge is 0.266 e. The van der Waals surface area contributed by atoms with Crippen LogP contribution < -0.4 is 20.9 Å². The second-order valence-electron chi connectivity index (χ2n) is 19.3. The van der Waals surface area contributed by atoms with Crippen LogP contribution in [0.3, 0.4) is 0 Å². The topological polar surface area (TPSA) is 160 Å². The normalized spacial score (nSPS) is 19.4. The summed E-state index contributed by atoms with van der Waals surface area (Å²) in [5, 5.41) is 20.4. The van der Waals surface area contributed by atoms with Gasteiger partial charge in [-0.3, -0.25) is 14.4 Å². The van der Waals surface area contributed by atoms with Crippen molar-refractivity contribution in [3.05, 3.63) is 124 Å². The van der Waals surface area contributed by atoms with Gasteiger partial charge in [0.1, 0.15) is 23.5 Å². The van der Waals surface area contributed by atoms with E-state index in [2.05, 4.69) is 35.7 Å². The van der Waals surface area contributed by atoms with Gasteiger partial charge in [0.05, 0.1) is 47.4 Å². The van der Waals surface area contributed by atoms with E-state index in [0.717, 1.165) is 32.8 Å². The summed E-state index contributed by atoms with van der Waals surface area (Å²) < 4.78 is 28.6. The zero-order valence-electron chi connectivity index (χ0n) is 39.0. The van der Waals surface area contributed by atoms with Crippen LogP contribution in [0.25, 0.3) is 15.3 Å². The molecule has 0 spiro atoms. The van der Waals surface area contributed by atoms with E-state index in [0.29, 0.717) is 61.2 Å². The molecule has 3 fully saturated rings. The molecule has 356 valence electrons. The Balaban J connectivity index is 0.871. The molecule has 0 bridgehead atoms. The summed E-state index contributed by atoms with van der Waals surface area (Å²) >= 11 is 1.58. The van der Waals surface area contributed by atoms with Crippen molar-refractivity contribution in [2.24, 2.45) is 5.41 Å². The minimum Gasteiger partial charge on any atom is -0.391 e. The largest absolute Gasteiger partial charge is 0.391 e. The highest BCUT2D eigenvalue weighted by Crippen LogP contribution is 2.37. The first-order valence-electron chi connectivity index (χ1n) is 23.1. The zero-order valence-corrected chi connectivity index (χ0v) is 39.8. The molecule has 3 aromatic heterocycles. The van der Waals surface area contributed by atoms with Crippen molar-refractivity contribution < 1.29 is 28.3 Å². The number of alkyl halides is 2. The number of carbonyl (C=O) groups is 3. The molecule has 14 nitrogen and oxygen atoms in total. The van der Waals surface area contributed by atoms with Crippen LogP contribution in [-0.2, 0) is 16.1 Å². The average Bonchev–Trinajstić information content (AvgIpc) is 4.05. The molecule has 0 aliphatic carbocycles. The molecule has 17 heteroatoms. The highest BCUT2D eigenvalue weighted by Gasteiger charge is 2.44. The number of thiazole rings is 1. The number of β-amino-alcohol motifs (C(OH)–C–C–N with tert-alkyl or cyclic N) is 1. The molecule has 3 amide bonds. The maximum absolute atomic E-state index is 14.3. The molecule has 6 heterocycles. The van der Waals surface area contributed by atoms with Crippen LogP contribution in [0.5, 0.6) is 0 Å². The maximum atomic E-state index is 14.3. The van der Waals surface area contributed by atoms with Crippen molar-refractivity contribution in [3.63, 3.8) is 0 Å². The molecule has 4 N–H and O–H groups in total. The van der Waals surface area contributed by atoms with E-state index in [1.54, 1.807) is 40.5 Å². The first-order valence-corrected chi connectivity index (χ1v) is 24.0. The molecule has 0 radical (unpaired) electrons. The van der Waals surface area contributed by atoms with E-state index in [9.17, 15) is 28.3 Å². The predicted octanol–water partition coefficient (Wildman–Crippen LogP) is 8.41. The highest BCUT2D eigenvalue weighted by atomic mass is 32.1. The number of nitrogens with zero attached hydrogens (tertiary/aromatic N) is 7. The molecule has 0 unspecified atom stereocenters. The lowest BCUT2D eigenvalue weighted by Crippen LogP contribution is -2.56. The van der Waals surface area contributed by atoms with Gasteiger partial charge in [0.15, 0.2) is 5.69 Å². The molecule has 0 saturated carbocycles. The van der Waals surface area contributed by atoms with Crippen molar-refractivity contribution >= 4 is 52.2 Å². The summed E-state index contributed by atoms with van der Waals surface area (Å²) in [5.74, 6) is -2.10. The third kappa shape index (κ3) is 11.2. The van der Waals surface area contributed by atoms with Gasteiger partial charge in [0, 0.05) is 57.3 Å². The van der Waals surface area contributed by atoms with E-state index in [-0.39, 0.29) is 55.6 Å². The van der Waals surface area contributed by atoms with Crippen LogP contribution >= 0.6 is 11.3 Å². The second-order valence-corrected chi connectivity index (χ2v) is 20.1. The Labute approximate surface area is 400 Å². The number of aliphatic hydroxyl groups excluding tert-OH is 1. The minimum atomic E-state index is -2.80. The molecular formula is C51H58F2N10O4S. The predicted molar refractivity (Wildman–Crippen MR) is 259 cm³/mol. The highest BCUT2D eigenvalue weighted by molar-refractivity contribution is 7.13. The molecule has 3 aliphatic heterocycles. The standard InChI is InChI=1S/C51H58F2N10O4S/c1-31(34-11-13-36(14-12-34)45-32(2)57-30-68-45)58-47(65)41-26-40(64)28-63(41)49(67)46(50(3,4)5)56-27-33-7-9-37(10-8-33)48(66)61-20-16-35(17-21-61)38-23-43(59-42-25-39(54-6)15-19-55-42)60-44(24-38)62-22-18-51(52,53)29-62/h7-15,19,23-25,30-31,35,40-41,46,56,64H,16-18,20-22,26-29H2,1-5H3,(H,58,65)(H,55,59,60)/t31-,40+,41-,46+/m0/s1. The summed E-state index contributed by atoms with van der Waals surface area (Å²) in [5.41, 5.74) is 6.97. The summed E-state index contributed by atoms with van der Waals surface area (Å²) in [4.78, 5) is 64.7. The van der Waals surface area contributed by atoms with E-state index in [1.807, 2.05) is 93.6 Å². The van der Waals surface area contributed by atoms with Gasteiger partial charge >= 0.3 is 0 Å². The number of piperidine rings is 1. The van der Waals surface area contributed by atoms with Gasteiger partial charge in [-0.05, 0) is 96.7 Å². The molecule has 5 aromatic rings. The van der Waals surface area contributed by atoms with Gasteiger partial charge in [-0.2, -0.15) is 0 Å². The third-order valence-electron chi connectivity index (χ3n) is 13.2. The number of hydrogen-bond donors (Lipinski definition) is 4. The van der Waals surface area contributed by atoms with E-state index in [1.165, 1.54) is 11.1 Å². The van der Waals surface area contributed by atoms with Crippen molar-refractivity contribution in [3.8, 4) is 10.4 Å². The Morgan fingerprint density at radius 1 is 0.985 bits per heavy atom. The van der Waals surface area contributed by atoms with E-state index < -0.39 is 36.1 Å². The molecular weight excluding hydrogens is 887 g/mol. The number of halogens is 2. The van der Waals surface area contributed by atoms with Crippen LogP contribution in [0.4, 0.5) is 31.9 Å². The average molecular weight is 945 g/mol. The van der Waals surface area contributed by atoms with Crippen LogP contribution in [0.15, 0.2) is 84.5 Å². The Morgan fingerprint density at radius 2 is 1.72 bits per heavy atom. The number of hydrogen-bond acceptors (Lipinski definition) is 11. The molecule has 68 heavy (non-hydrogen) atoms. The quantitative estimate of drug-likeness (QED) is 0.0845. The SMILES string of the molecule is [C-]#[N+]c1ccnc(Nc2cc(C3CCN(C(=O)c4ccc(CN[C@H](C(=O)N5C[C@H](O)C[C@H]5C(=O)N[C@@H](C)c5ccc(-c6scnc6C)cc5)C(C)(C)C)cc4)CC3)cc(N3CCC(F)(F)C3)n2)c1. The maximum Gasteiger partial charge on any atom is 0.266 e. The van der Waals surface area contributed by atoms with Crippen LogP contribution in [0, 0.1) is 18.9 Å². The Hall–Kier alpha value is -6.35. The summed E-state index contributed by atoms with van der Waals surface area (Å²) in [6.07, 6.45) is 1.92. The summed E-state index contributed by atoms with van der Waals surface area (Å²) in [7, 11) is 0. The van der Waals surface area contributed by atoms with Gasteiger partial charge in [0.25, 0.3) is 11.8 Å². The zero-order chi connectivity index (χ0) is 48.3. The number of aromatic nitrogens is 3. The van der Waals surface area contributed by atoms with Crippen LogP contribution in [0.2, 0.25) is 0 Å². The number of pyridine rings is 2. The third-order valence-corrected chi connectivity index (χ3v) is 14.2. The number of anilines is 3. The van der Waals surface area contributed by atoms with Crippen LogP contribution in [-0.4, -0.2) is 104 Å². The van der Waals surface area contributed by atoms with Crippen molar-refractivity contribution in [2.75, 3.05) is 42.9 Å². The number of carbonyl (C=O) groups excluding carboxylic acids is 3. The number of amides is 3. The summed E-state index contributed by atoms with van der Waals surface area (Å²) in [6.45, 7) is 18.3. The van der Waals surface area contributed by atoms with Crippen molar-refractivity contribution in [1.82, 2.24) is 35.4 Å². The number of aryl methyl sites for hydroxylation is 1. The molecule has 2 aromatic carbocycles. The number of aliphatic hydroxyl groups is 1. The Bertz CT molecular complexity index is 2660. The van der Waals surface area contributed by atoms with Gasteiger partial charge in [-0.1, -0.05) is 57.2 Å². The second kappa shape index (κ2) is 20.1. The molecule has 4 atom stereocenters. The number of nitrogens with one attached hydrogen (secondary N) is 3. The Kier molecular flexibility index (Phi) is 14.2. The number of rotatable bonds is 13. The lowest BCUT2D eigenvalue weighted by molar-refractivity contribution is -0.142. The first-order chi connectivity index (χ1) is 32.4. The van der Waals surface area contributed by atoms with Crippen molar-refractivity contribution in [2.45, 2.75) is 103 Å². The fraction of sp³-hybridized carbons (Fsp3) is 0.431. The lowest BCUT2D eigenvalue weighted by Gasteiger charge is -2.36. The van der Waals surface area contributed by atoms with Gasteiger partial charge in [-0.25, -0.2) is 28.6 Å². The van der Waals surface area contributed by atoms with Crippen LogP contribution in [0.1, 0.15) is 98.1 Å². The fourth-order valence-electron chi connectivity index (χ4n) is 9.33. The molecule has 8 rings (SSSR count). The first kappa shape index (κ1) is 48.1. The summed E-state index contributed by atoms with van der Waals surface area (Å²) in [6, 6.07) is 20.5. The minimum absolute atomic E-state index is 0.0517. The van der Waals surface area contributed by atoms with E-state index in [4.69, 9.17) is 6.57 Å².